The number of imide groups is 1. The van der Waals surface area contributed by atoms with Crippen molar-refractivity contribution in [3.8, 4) is 0 Å². The lowest BCUT2D eigenvalue weighted by Gasteiger charge is -2.40. The fraction of sp³-hybridized carbons (Fsp3) is 0.192. The van der Waals surface area contributed by atoms with Gasteiger partial charge in [0.1, 0.15) is 7.85 Å². The van der Waals surface area contributed by atoms with Gasteiger partial charge in [0, 0.05) is 30.8 Å². The summed E-state index contributed by atoms with van der Waals surface area (Å²) in [7, 11) is 6.29. The number of benzene rings is 1. The molecule has 2 radical (unpaired) electrons. The van der Waals surface area contributed by atoms with Gasteiger partial charge < -0.3 is 10.2 Å². The minimum atomic E-state index is -1.53. The number of fused-ring (bicyclic) bond motifs is 1. The largest absolute Gasteiger partial charge is 0.381 e. The zero-order chi connectivity index (χ0) is 23.6. The Morgan fingerprint density at radius 1 is 1.00 bits per heavy atom. The van der Waals surface area contributed by atoms with E-state index in [-0.39, 0.29) is 31.2 Å². The van der Waals surface area contributed by atoms with Crippen molar-refractivity contribution in [2.75, 3.05) is 5.32 Å². The lowest BCUT2D eigenvalue weighted by atomic mass is 9.70. The molecule has 0 saturated carbocycles. The van der Waals surface area contributed by atoms with Crippen LogP contribution in [0.4, 0.5) is 5.69 Å². The van der Waals surface area contributed by atoms with Gasteiger partial charge in [0.15, 0.2) is 0 Å². The van der Waals surface area contributed by atoms with E-state index in [0.717, 1.165) is 27.3 Å². The third-order valence-corrected chi connectivity index (χ3v) is 5.88. The first-order valence-electron chi connectivity index (χ1n) is 10.7. The lowest BCUT2D eigenvalue weighted by Crippen LogP contribution is -2.63. The second-order valence-corrected chi connectivity index (χ2v) is 8.34. The number of amides is 3. The zero-order valence-electron chi connectivity index (χ0n) is 18.3. The number of carbonyl (C=O) groups is 3. The van der Waals surface area contributed by atoms with Crippen LogP contribution in [-0.2, 0) is 22.7 Å². The highest BCUT2D eigenvalue weighted by Gasteiger charge is 2.47. The molecule has 1 saturated heterocycles. The molecular formula is C26H24BN3O3. The molecule has 1 unspecified atom stereocenters. The van der Waals surface area contributed by atoms with E-state index in [4.69, 9.17) is 7.85 Å². The van der Waals surface area contributed by atoms with Gasteiger partial charge in [-0.15, -0.1) is 0 Å². The van der Waals surface area contributed by atoms with Gasteiger partial charge in [0.05, 0.1) is 5.44 Å². The van der Waals surface area contributed by atoms with Gasteiger partial charge >= 0.3 is 0 Å². The first kappa shape index (κ1) is 22.3. The number of hydrogen-bond acceptors (Lipinski definition) is 4. The van der Waals surface area contributed by atoms with Crippen molar-refractivity contribution in [3.05, 3.63) is 87.8 Å². The maximum atomic E-state index is 13.0. The highest BCUT2D eigenvalue weighted by molar-refractivity contribution is 6.32. The van der Waals surface area contributed by atoms with E-state index in [1.54, 1.807) is 6.07 Å². The summed E-state index contributed by atoms with van der Waals surface area (Å²) in [5.41, 5.74) is 1.61. The smallest absolute Gasteiger partial charge is 0.254 e. The highest BCUT2D eigenvalue weighted by Crippen LogP contribution is 2.33. The SMILES string of the molecule is [B]C1(N2Cc3cc(NCc4ccc(=C)ccccc(=C)c4)ccc3C2=O)CCC(=O)NC1=O. The van der Waals surface area contributed by atoms with Crippen molar-refractivity contribution in [1.29, 1.82) is 0 Å². The minimum absolute atomic E-state index is 0.0977. The van der Waals surface area contributed by atoms with Crippen LogP contribution in [0.2, 0.25) is 0 Å². The van der Waals surface area contributed by atoms with E-state index in [9.17, 15) is 14.4 Å². The van der Waals surface area contributed by atoms with Gasteiger partial charge in [-0.1, -0.05) is 55.6 Å². The summed E-state index contributed by atoms with van der Waals surface area (Å²) in [4.78, 5) is 38.2. The molecule has 7 heteroatoms. The molecule has 1 atom stereocenters. The zero-order valence-corrected chi connectivity index (χ0v) is 18.3. The lowest BCUT2D eigenvalue weighted by molar-refractivity contribution is -0.138. The molecule has 2 aromatic carbocycles. The Bertz CT molecular complexity index is 1310. The number of nitrogens with zero attached hydrogens (tertiary/aromatic N) is 1. The first-order valence-corrected chi connectivity index (χ1v) is 10.7. The standard InChI is InChI=1S/C26H24BN3O3/c1-17-5-3-4-6-18(2)13-19(8-7-17)15-28-21-9-10-22-20(14-21)16-30(24(22)32)26(27)12-11-23(31)29-25(26)33/h3-10,13-14,28H,1-2,11-12,15-16H2,(H,29,31,33). The summed E-state index contributed by atoms with van der Waals surface area (Å²) in [6.07, 6.45) is 0.197. The molecule has 33 heavy (non-hydrogen) atoms. The Labute approximate surface area is 193 Å². The van der Waals surface area contributed by atoms with Crippen LogP contribution >= 0.6 is 0 Å². The van der Waals surface area contributed by atoms with Gasteiger partial charge in [-0.05, 0) is 46.2 Å². The predicted octanol–water partition coefficient (Wildman–Crippen LogP) is 1.50. The van der Waals surface area contributed by atoms with Gasteiger partial charge in [0.25, 0.3) is 5.91 Å². The second kappa shape index (κ2) is 8.94. The number of piperidine rings is 1. The molecule has 0 bridgehead atoms. The van der Waals surface area contributed by atoms with Crippen molar-refractivity contribution in [3.63, 3.8) is 0 Å². The number of anilines is 1. The molecule has 2 aliphatic rings. The minimum Gasteiger partial charge on any atom is -0.381 e. The van der Waals surface area contributed by atoms with E-state index >= 15 is 0 Å². The number of rotatable bonds is 4. The molecule has 6 nitrogen and oxygen atoms in total. The van der Waals surface area contributed by atoms with Crippen LogP contribution < -0.4 is 21.1 Å². The second-order valence-electron chi connectivity index (χ2n) is 8.34. The summed E-state index contributed by atoms with van der Waals surface area (Å²) in [6.45, 7) is 8.79. The van der Waals surface area contributed by atoms with Crippen LogP contribution in [0.5, 0.6) is 0 Å². The average molecular weight is 437 g/mol. The third-order valence-electron chi connectivity index (χ3n) is 5.88. The van der Waals surface area contributed by atoms with Crippen molar-refractivity contribution in [2.24, 2.45) is 0 Å². The number of hydrogen-bond donors (Lipinski definition) is 2. The van der Waals surface area contributed by atoms with Crippen LogP contribution in [0, 0.1) is 0 Å². The number of carbonyl (C=O) groups excluding carboxylic acids is 3. The molecule has 2 aliphatic heterocycles. The van der Waals surface area contributed by atoms with Crippen molar-refractivity contribution in [2.45, 2.75) is 31.4 Å². The van der Waals surface area contributed by atoms with Crippen molar-refractivity contribution >= 4 is 44.4 Å². The first-order chi connectivity index (χ1) is 15.8. The molecule has 164 valence electrons. The van der Waals surface area contributed by atoms with E-state index in [1.807, 2.05) is 54.6 Å². The Balaban J connectivity index is 1.54. The van der Waals surface area contributed by atoms with Crippen LogP contribution in [0.1, 0.15) is 34.3 Å². The van der Waals surface area contributed by atoms with E-state index < -0.39 is 11.3 Å². The maximum Gasteiger partial charge on any atom is 0.254 e. The monoisotopic (exact) mass is 437 g/mol. The fourth-order valence-electron chi connectivity index (χ4n) is 4.00. The molecule has 0 spiro atoms. The van der Waals surface area contributed by atoms with Gasteiger partial charge in [0.2, 0.25) is 11.8 Å². The molecule has 1 fully saturated rings. The Hall–Kier alpha value is -3.87. The third kappa shape index (κ3) is 4.67. The van der Waals surface area contributed by atoms with Gasteiger partial charge in [-0.25, -0.2) is 0 Å². The van der Waals surface area contributed by atoms with Crippen molar-refractivity contribution < 1.29 is 14.4 Å². The fourth-order valence-corrected chi connectivity index (χ4v) is 4.00. The van der Waals surface area contributed by atoms with Crippen LogP contribution in [0.25, 0.3) is 13.2 Å². The maximum absolute atomic E-state index is 13.0. The van der Waals surface area contributed by atoms with E-state index in [2.05, 4.69) is 23.8 Å². The quantitative estimate of drug-likeness (QED) is 0.562. The Morgan fingerprint density at radius 2 is 1.76 bits per heavy atom. The summed E-state index contributed by atoms with van der Waals surface area (Å²) in [5.74, 6) is -1.33. The van der Waals surface area contributed by atoms with E-state index in [1.165, 1.54) is 4.90 Å². The summed E-state index contributed by atoms with van der Waals surface area (Å²) in [5, 5.41) is 7.39. The van der Waals surface area contributed by atoms with Crippen LogP contribution in [-0.4, -0.2) is 35.9 Å². The summed E-state index contributed by atoms with van der Waals surface area (Å²) >= 11 is 0. The summed E-state index contributed by atoms with van der Waals surface area (Å²) < 4.78 is 0. The van der Waals surface area contributed by atoms with E-state index in [0.29, 0.717) is 12.1 Å². The average Bonchev–Trinajstić information content (AvgIpc) is 3.12. The Kier molecular flexibility index (Phi) is 6.05. The predicted molar refractivity (Wildman–Crippen MR) is 129 cm³/mol. The molecule has 2 N–H and O–H groups in total. The Morgan fingerprint density at radius 3 is 2.52 bits per heavy atom. The molecule has 0 aromatic heterocycles. The molecular weight excluding hydrogens is 413 g/mol. The van der Waals surface area contributed by atoms with Gasteiger partial charge in [-0.3, -0.25) is 19.7 Å². The van der Waals surface area contributed by atoms with Gasteiger partial charge in [-0.2, -0.15) is 0 Å². The van der Waals surface area contributed by atoms with Crippen LogP contribution in [0.15, 0.2) is 60.7 Å². The topological polar surface area (TPSA) is 78.5 Å². The molecule has 4 rings (SSSR count). The molecule has 3 amide bonds. The molecule has 2 aromatic rings. The number of nitrogens with one attached hydrogen (secondary N) is 2. The summed E-state index contributed by atoms with van der Waals surface area (Å²) in [6, 6.07) is 19.1. The molecule has 2 heterocycles. The normalized spacial score (nSPS) is 19.5. The van der Waals surface area contributed by atoms with Crippen molar-refractivity contribution in [1.82, 2.24) is 10.2 Å². The highest BCUT2D eigenvalue weighted by atomic mass is 16.2. The van der Waals surface area contributed by atoms with Crippen LogP contribution in [0.3, 0.4) is 0 Å². The molecule has 0 aliphatic carbocycles.